The van der Waals surface area contributed by atoms with Crippen molar-refractivity contribution in [1.82, 2.24) is 4.90 Å². The number of likely N-dealkylation sites (tertiary alicyclic amines) is 1. The minimum Gasteiger partial charge on any atom is -0.497 e. The molecule has 2 aliphatic heterocycles. The first-order valence-corrected chi connectivity index (χ1v) is 10.8. The molecule has 34 heavy (non-hydrogen) atoms. The first-order valence-electron chi connectivity index (χ1n) is 10.8. The summed E-state index contributed by atoms with van der Waals surface area (Å²) in [6.07, 6.45) is -3.19. The standard InChI is InChI=1S/C22H26N2O3.C2HF3O2/c1-26-20-9-7-18(8-10-20)15-23-13-11-22(12-14-23)17-24(21(25)16-27-22)19-5-3-2-4-6-19;3-2(4,5)1(6)7/h2-10H,11-17H2,1H3;(H,6,7). The molecule has 0 aliphatic carbocycles. The van der Waals surface area contributed by atoms with Crippen LogP contribution >= 0.6 is 0 Å². The van der Waals surface area contributed by atoms with Crippen LogP contribution in [0.15, 0.2) is 54.6 Å². The second kappa shape index (κ2) is 10.9. The molecule has 0 aromatic heterocycles. The van der Waals surface area contributed by atoms with Crippen molar-refractivity contribution in [2.45, 2.75) is 31.2 Å². The maximum absolute atomic E-state index is 12.4. The smallest absolute Gasteiger partial charge is 0.490 e. The number of aliphatic carboxylic acids is 1. The van der Waals surface area contributed by atoms with E-state index in [4.69, 9.17) is 19.4 Å². The van der Waals surface area contributed by atoms with Gasteiger partial charge in [0.15, 0.2) is 0 Å². The predicted molar refractivity (Wildman–Crippen MR) is 119 cm³/mol. The number of hydrogen-bond donors (Lipinski definition) is 1. The first kappa shape index (κ1) is 25.5. The Morgan fingerprint density at radius 3 is 2.21 bits per heavy atom. The number of hydrogen-bond acceptors (Lipinski definition) is 5. The van der Waals surface area contributed by atoms with Crippen LogP contribution in [0.5, 0.6) is 5.75 Å². The topological polar surface area (TPSA) is 79.3 Å². The Morgan fingerprint density at radius 2 is 1.68 bits per heavy atom. The first-order chi connectivity index (χ1) is 16.1. The maximum Gasteiger partial charge on any atom is 0.490 e. The normalized spacial score (nSPS) is 18.2. The summed E-state index contributed by atoms with van der Waals surface area (Å²) in [5.41, 5.74) is 2.03. The van der Waals surface area contributed by atoms with E-state index >= 15 is 0 Å². The number of anilines is 1. The highest BCUT2D eigenvalue weighted by molar-refractivity contribution is 5.95. The van der Waals surface area contributed by atoms with Crippen molar-refractivity contribution in [3.63, 3.8) is 0 Å². The monoisotopic (exact) mass is 480 g/mol. The zero-order chi connectivity index (χ0) is 24.8. The number of benzene rings is 2. The Hall–Kier alpha value is -3.11. The fourth-order valence-electron chi connectivity index (χ4n) is 3.97. The van der Waals surface area contributed by atoms with E-state index in [1.165, 1.54) is 5.56 Å². The predicted octanol–water partition coefficient (Wildman–Crippen LogP) is 3.73. The highest BCUT2D eigenvalue weighted by Crippen LogP contribution is 2.33. The molecule has 0 radical (unpaired) electrons. The fourth-order valence-corrected chi connectivity index (χ4v) is 3.97. The van der Waals surface area contributed by atoms with Crippen LogP contribution < -0.4 is 9.64 Å². The molecule has 0 saturated carbocycles. The van der Waals surface area contributed by atoms with Gasteiger partial charge >= 0.3 is 12.1 Å². The fraction of sp³-hybridized carbons (Fsp3) is 0.417. The van der Waals surface area contributed by atoms with Crippen LogP contribution in [0.4, 0.5) is 18.9 Å². The van der Waals surface area contributed by atoms with E-state index in [-0.39, 0.29) is 18.1 Å². The quantitative estimate of drug-likeness (QED) is 0.719. The molecule has 184 valence electrons. The number of para-hydroxylation sites is 1. The van der Waals surface area contributed by atoms with Crippen LogP contribution in [0.25, 0.3) is 0 Å². The molecule has 0 unspecified atom stereocenters. The van der Waals surface area contributed by atoms with Gasteiger partial charge < -0.3 is 19.5 Å². The number of rotatable bonds is 4. The molecule has 2 fully saturated rings. The van der Waals surface area contributed by atoms with Crippen molar-refractivity contribution >= 4 is 17.6 Å². The van der Waals surface area contributed by atoms with E-state index in [1.54, 1.807) is 7.11 Å². The molecule has 1 spiro atoms. The lowest BCUT2D eigenvalue weighted by molar-refractivity contribution is -0.192. The number of nitrogens with zero attached hydrogens (tertiary/aromatic N) is 2. The average Bonchev–Trinajstić information content (AvgIpc) is 2.83. The molecule has 2 heterocycles. The van der Waals surface area contributed by atoms with E-state index in [0.29, 0.717) is 6.54 Å². The third-order valence-corrected chi connectivity index (χ3v) is 5.89. The van der Waals surface area contributed by atoms with Crippen molar-refractivity contribution in [2.75, 3.05) is 38.3 Å². The number of carboxylic acid groups (broad SMARTS) is 1. The van der Waals surface area contributed by atoms with Gasteiger partial charge in [0.1, 0.15) is 12.4 Å². The highest BCUT2D eigenvalue weighted by Gasteiger charge is 2.42. The van der Waals surface area contributed by atoms with Crippen LogP contribution in [0, 0.1) is 0 Å². The molecule has 1 N–H and O–H groups in total. The molecular formula is C24H27F3N2O5. The number of piperidine rings is 1. The van der Waals surface area contributed by atoms with Crippen LogP contribution in [0.2, 0.25) is 0 Å². The second-order valence-electron chi connectivity index (χ2n) is 8.21. The van der Waals surface area contributed by atoms with E-state index in [0.717, 1.165) is 43.9 Å². The Labute approximate surface area is 195 Å². The lowest BCUT2D eigenvalue weighted by Gasteiger charge is -2.47. The summed E-state index contributed by atoms with van der Waals surface area (Å²) in [5.74, 6) is -1.82. The Bertz CT molecular complexity index is 959. The van der Waals surface area contributed by atoms with E-state index in [2.05, 4.69) is 17.0 Å². The maximum atomic E-state index is 12.4. The zero-order valence-corrected chi connectivity index (χ0v) is 18.8. The molecule has 4 rings (SSSR count). The minimum atomic E-state index is -5.08. The average molecular weight is 480 g/mol. The van der Waals surface area contributed by atoms with Gasteiger partial charge in [0.2, 0.25) is 0 Å². The molecule has 2 aromatic carbocycles. The Balaban J connectivity index is 0.000000406. The third-order valence-electron chi connectivity index (χ3n) is 5.89. The largest absolute Gasteiger partial charge is 0.497 e. The number of carbonyl (C=O) groups excluding carboxylic acids is 1. The Morgan fingerprint density at radius 1 is 1.09 bits per heavy atom. The number of carbonyl (C=O) groups is 2. The second-order valence-corrected chi connectivity index (χ2v) is 8.21. The van der Waals surface area contributed by atoms with Crippen LogP contribution in [-0.4, -0.2) is 67.0 Å². The Kier molecular flexibility index (Phi) is 8.16. The lowest BCUT2D eigenvalue weighted by atomic mass is 9.88. The molecule has 0 atom stereocenters. The van der Waals surface area contributed by atoms with Gasteiger partial charge in [-0.25, -0.2) is 4.79 Å². The van der Waals surface area contributed by atoms with Crippen molar-refractivity contribution in [1.29, 1.82) is 0 Å². The van der Waals surface area contributed by atoms with E-state index in [9.17, 15) is 18.0 Å². The van der Waals surface area contributed by atoms with Gasteiger partial charge in [0, 0.05) is 25.3 Å². The van der Waals surface area contributed by atoms with Crippen molar-refractivity contribution < 1.29 is 37.3 Å². The molecule has 1 amide bonds. The third kappa shape index (κ3) is 6.71. The minimum absolute atomic E-state index is 0.0486. The van der Waals surface area contributed by atoms with Crippen LogP contribution in [0.3, 0.4) is 0 Å². The molecule has 0 bridgehead atoms. The lowest BCUT2D eigenvalue weighted by Crippen LogP contribution is -2.58. The van der Waals surface area contributed by atoms with Gasteiger partial charge in [-0.15, -0.1) is 0 Å². The van der Waals surface area contributed by atoms with Crippen LogP contribution in [0.1, 0.15) is 18.4 Å². The summed E-state index contributed by atoms with van der Waals surface area (Å²) < 4.78 is 43.0. The molecule has 2 aromatic rings. The number of carboxylic acids is 1. The zero-order valence-electron chi connectivity index (χ0n) is 18.8. The molecule has 2 aliphatic rings. The van der Waals surface area contributed by atoms with Crippen molar-refractivity contribution in [3.8, 4) is 5.75 Å². The molecular weight excluding hydrogens is 453 g/mol. The van der Waals surface area contributed by atoms with Crippen molar-refractivity contribution in [2.24, 2.45) is 0 Å². The SMILES string of the molecule is COc1ccc(CN2CCC3(CC2)CN(c2ccccc2)C(=O)CO3)cc1.O=C(O)C(F)(F)F. The van der Waals surface area contributed by atoms with E-state index < -0.39 is 12.1 Å². The number of ether oxygens (including phenoxy) is 2. The van der Waals surface area contributed by atoms with Gasteiger partial charge in [-0.2, -0.15) is 13.2 Å². The van der Waals surface area contributed by atoms with Gasteiger partial charge in [0.25, 0.3) is 5.91 Å². The number of methoxy groups -OCH3 is 1. The summed E-state index contributed by atoms with van der Waals surface area (Å²) in [7, 11) is 1.69. The van der Waals surface area contributed by atoms with E-state index in [1.807, 2.05) is 47.4 Å². The van der Waals surface area contributed by atoms with Gasteiger partial charge in [-0.05, 0) is 42.7 Å². The molecule has 7 nitrogen and oxygen atoms in total. The van der Waals surface area contributed by atoms with Gasteiger partial charge in [-0.1, -0.05) is 30.3 Å². The summed E-state index contributed by atoms with van der Waals surface area (Å²) >= 11 is 0. The molecule has 10 heteroatoms. The van der Waals surface area contributed by atoms with Crippen molar-refractivity contribution in [3.05, 3.63) is 60.2 Å². The number of amides is 1. The summed E-state index contributed by atoms with van der Waals surface area (Å²) in [4.78, 5) is 25.6. The number of morpholine rings is 1. The number of alkyl halides is 3. The highest BCUT2D eigenvalue weighted by atomic mass is 19.4. The summed E-state index contributed by atoms with van der Waals surface area (Å²) in [6, 6.07) is 18.2. The molecule has 2 saturated heterocycles. The summed E-state index contributed by atoms with van der Waals surface area (Å²) in [5, 5.41) is 7.12. The van der Waals surface area contributed by atoms with Crippen LogP contribution in [-0.2, 0) is 20.9 Å². The van der Waals surface area contributed by atoms with Gasteiger partial charge in [-0.3, -0.25) is 9.69 Å². The van der Waals surface area contributed by atoms with Gasteiger partial charge in [0.05, 0.1) is 19.3 Å². The summed E-state index contributed by atoms with van der Waals surface area (Å²) in [6.45, 7) is 3.70. The number of halogens is 3.